The van der Waals surface area contributed by atoms with Gasteiger partial charge in [-0.3, -0.25) is 0 Å². The molecule has 2 fully saturated rings. The number of pyridine rings is 1. The lowest BCUT2D eigenvalue weighted by molar-refractivity contribution is 0.168. The number of nitrogens with one attached hydrogen (secondary N) is 1. The van der Waals surface area contributed by atoms with Crippen LogP contribution in [0.2, 0.25) is 0 Å². The van der Waals surface area contributed by atoms with Crippen molar-refractivity contribution in [3.63, 3.8) is 0 Å². The summed E-state index contributed by atoms with van der Waals surface area (Å²) in [6.45, 7) is 4.07. The van der Waals surface area contributed by atoms with Gasteiger partial charge in [0, 0.05) is 24.3 Å². The molecular formula is C16H25N3O. The summed E-state index contributed by atoms with van der Waals surface area (Å²) in [4.78, 5) is 6.92. The van der Waals surface area contributed by atoms with Gasteiger partial charge in [-0.25, -0.2) is 4.98 Å². The maximum absolute atomic E-state index is 5.79. The van der Waals surface area contributed by atoms with Gasteiger partial charge in [0.2, 0.25) is 5.88 Å². The maximum Gasteiger partial charge on any atom is 0.237 e. The number of aromatic nitrogens is 1. The molecule has 1 N–H and O–H groups in total. The smallest absolute Gasteiger partial charge is 0.237 e. The first-order valence-corrected chi connectivity index (χ1v) is 7.73. The van der Waals surface area contributed by atoms with Crippen LogP contribution >= 0.6 is 0 Å². The third-order valence-electron chi connectivity index (χ3n) is 4.58. The van der Waals surface area contributed by atoms with Crippen molar-refractivity contribution in [2.75, 3.05) is 12.4 Å². The van der Waals surface area contributed by atoms with Crippen molar-refractivity contribution in [1.82, 2.24) is 9.88 Å². The molecule has 0 radical (unpaired) electrons. The molecule has 4 nitrogen and oxygen atoms in total. The number of rotatable bonds is 4. The van der Waals surface area contributed by atoms with Gasteiger partial charge in [0.25, 0.3) is 0 Å². The summed E-state index contributed by atoms with van der Waals surface area (Å²) in [7, 11) is 2.27. The predicted octanol–water partition coefficient (Wildman–Crippen LogP) is 2.91. The number of fused-ring (bicyclic) bond motifs is 2. The van der Waals surface area contributed by atoms with Crippen LogP contribution in [-0.2, 0) is 0 Å². The fourth-order valence-electron chi connectivity index (χ4n) is 3.57. The molecule has 2 atom stereocenters. The molecule has 0 saturated carbocycles. The van der Waals surface area contributed by atoms with Crippen molar-refractivity contribution in [3.8, 4) is 5.88 Å². The zero-order valence-electron chi connectivity index (χ0n) is 12.7. The monoisotopic (exact) mass is 275 g/mol. The highest BCUT2D eigenvalue weighted by Crippen LogP contribution is 2.36. The summed E-state index contributed by atoms with van der Waals surface area (Å²) in [5, 5.41) is 3.66. The van der Waals surface area contributed by atoms with E-state index in [-0.39, 0.29) is 6.10 Å². The van der Waals surface area contributed by atoms with E-state index < -0.39 is 0 Å². The van der Waals surface area contributed by atoms with Crippen molar-refractivity contribution >= 4 is 5.69 Å². The summed E-state index contributed by atoms with van der Waals surface area (Å²) in [5.74, 6) is 0.730. The summed E-state index contributed by atoms with van der Waals surface area (Å²) >= 11 is 0. The topological polar surface area (TPSA) is 37.4 Å². The number of hydrogen-bond donors (Lipinski definition) is 1. The molecule has 2 bridgehead atoms. The van der Waals surface area contributed by atoms with E-state index in [0.29, 0.717) is 6.04 Å². The Labute approximate surface area is 121 Å². The Morgan fingerprint density at radius 2 is 2.00 bits per heavy atom. The van der Waals surface area contributed by atoms with E-state index in [9.17, 15) is 0 Å². The SMILES string of the molecule is CC(C)Oc1ncccc1NC1CC2CCC(C1)N2C. The second-order valence-corrected chi connectivity index (χ2v) is 6.39. The van der Waals surface area contributed by atoms with Gasteiger partial charge < -0.3 is 15.0 Å². The van der Waals surface area contributed by atoms with Crippen LogP contribution in [0.3, 0.4) is 0 Å². The van der Waals surface area contributed by atoms with Crippen molar-refractivity contribution < 1.29 is 4.74 Å². The molecule has 2 unspecified atom stereocenters. The quantitative estimate of drug-likeness (QED) is 0.917. The molecule has 20 heavy (non-hydrogen) atoms. The van der Waals surface area contributed by atoms with Crippen LogP contribution < -0.4 is 10.1 Å². The fraction of sp³-hybridized carbons (Fsp3) is 0.688. The summed E-state index contributed by atoms with van der Waals surface area (Å²) in [6.07, 6.45) is 7.09. The van der Waals surface area contributed by atoms with Gasteiger partial charge in [0.05, 0.1) is 11.8 Å². The predicted molar refractivity (Wildman–Crippen MR) is 81.2 cm³/mol. The van der Waals surface area contributed by atoms with E-state index in [4.69, 9.17) is 4.74 Å². The Balaban J connectivity index is 1.69. The normalized spacial score (nSPS) is 29.7. The van der Waals surface area contributed by atoms with Gasteiger partial charge >= 0.3 is 0 Å². The lowest BCUT2D eigenvalue weighted by Crippen LogP contribution is -2.44. The Morgan fingerprint density at radius 3 is 2.65 bits per heavy atom. The van der Waals surface area contributed by atoms with Crippen LogP contribution in [0.15, 0.2) is 18.3 Å². The highest BCUT2D eigenvalue weighted by Gasteiger charge is 2.38. The molecule has 2 saturated heterocycles. The first-order chi connectivity index (χ1) is 9.63. The first-order valence-electron chi connectivity index (χ1n) is 7.73. The Hall–Kier alpha value is -1.29. The molecule has 0 aliphatic carbocycles. The summed E-state index contributed by atoms with van der Waals surface area (Å²) < 4.78 is 5.79. The molecule has 0 amide bonds. The number of ether oxygens (including phenoxy) is 1. The van der Waals surface area contributed by atoms with Gasteiger partial charge in [-0.05, 0) is 58.7 Å². The summed E-state index contributed by atoms with van der Waals surface area (Å²) in [5.41, 5.74) is 1.04. The standard InChI is InChI=1S/C16H25N3O/c1-11(2)20-16-15(5-4-8-17-16)18-12-9-13-6-7-14(10-12)19(13)3/h4-5,8,11-14,18H,6-7,9-10H2,1-3H3. The van der Waals surface area contributed by atoms with E-state index in [2.05, 4.69) is 28.3 Å². The number of nitrogens with zero attached hydrogens (tertiary/aromatic N) is 2. The van der Waals surface area contributed by atoms with E-state index >= 15 is 0 Å². The third kappa shape index (κ3) is 2.75. The number of hydrogen-bond acceptors (Lipinski definition) is 4. The molecule has 0 spiro atoms. The zero-order valence-corrected chi connectivity index (χ0v) is 12.7. The third-order valence-corrected chi connectivity index (χ3v) is 4.58. The Bertz CT molecular complexity index is 449. The fourth-order valence-corrected chi connectivity index (χ4v) is 3.57. The molecule has 1 aromatic rings. The lowest BCUT2D eigenvalue weighted by atomic mass is 9.98. The van der Waals surface area contributed by atoms with Gasteiger partial charge in [0.1, 0.15) is 0 Å². The average molecular weight is 275 g/mol. The molecule has 110 valence electrons. The highest BCUT2D eigenvalue weighted by molar-refractivity contribution is 5.53. The Kier molecular flexibility index (Phi) is 3.83. The minimum Gasteiger partial charge on any atom is -0.473 e. The van der Waals surface area contributed by atoms with Crippen molar-refractivity contribution in [1.29, 1.82) is 0 Å². The van der Waals surface area contributed by atoms with E-state index in [1.807, 2.05) is 19.9 Å². The van der Waals surface area contributed by atoms with Crippen LogP contribution in [0.4, 0.5) is 5.69 Å². The molecule has 3 heterocycles. The van der Waals surface area contributed by atoms with Crippen molar-refractivity contribution in [2.45, 2.75) is 63.8 Å². The van der Waals surface area contributed by atoms with Gasteiger partial charge in [-0.15, -0.1) is 0 Å². The lowest BCUT2D eigenvalue weighted by Gasteiger charge is -2.37. The molecular weight excluding hydrogens is 250 g/mol. The van der Waals surface area contributed by atoms with E-state index in [1.165, 1.54) is 25.7 Å². The molecule has 2 aliphatic rings. The number of piperidine rings is 1. The molecule has 0 aromatic carbocycles. The van der Waals surface area contributed by atoms with E-state index in [1.54, 1.807) is 6.20 Å². The second-order valence-electron chi connectivity index (χ2n) is 6.39. The Morgan fingerprint density at radius 1 is 1.30 bits per heavy atom. The minimum absolute atomic E-state index is 0.152. The van der Waals surface area contributed by atoms with Crippen LogP contribution in [0.1, 0.15) is 39.5 Å². The molecule has 2 aliphatic heterocycles. The van der Waals surface area contributed by atoms with Crippen LogP contribution in [0.25, 0.3) is 0 Å². The van der Waals surface area contributed by atoms with Gasteiger partial charge in [-0.1, -0.05) is 0 Å². The molecule has 3 rings (SSSR count). The largest absolute Gasteiger partial charge is 0.473 e. The maximum atomic E-state index is 5.79. The van der Waals surface area contributed by atoms with Crippen molar-refractivity contribution in [2.24, 2.45) is 0 Å². The first kappa shape index (κ1) is 13.7. The summed E-state index contributed by atoms with van der Waals surface area (Å²) in [6, 6.07) is 6.08. The van der Waals surface area contributed by atoms with E-state index in [0.717, 1.165) is 23.7 Å². The van der Waals surface area contributed by atoms with Crippen LogP contribution in [0.5, 0.6) is 5.88 Å². The highest BCUT2D eigenvalue weighted by atomic mass is 16.5. The molecule has 1 aromatic heterocycles. The minimum atomic E-state index is 0.152. The van der Waals surface area contributed by atoms with Gasteiger partial charge in [-0.2, -0.15) is 0 Å². The zero-order chi connectivity index (χ0) is 14.1. The average Bonchev–Trinajstić information content (AvgIpc) is 2.63. The van der Waals surface area contributed by atoms with Gasteiger partial charge in [0.15, 0.2) is 0 Å². The second kappa shape index (κ2) is 5.60. The number of anilines is 1. The van der Waals surface area contributed by atoms with Crippen LogP contribution in [0, 0.1) is 0 Å². The molecule has 4 heteroatoms. The van der Waals surface area contributed by atoms with Crippen molar-refractivity contribution in [3.05, 3.63) is 18.3 Å². The van der Waals surface area contributed by atoms with Crippen LogP contribution in [-0.4, -0.2) is 41.2 Å².